The third-order valence-corrected chi connectivity index (χ3v) is 7.06. The minimum atomic E-state index is -0.601. The maximum Gasteiger partial charge on any atom is 0.319 e. The molecule has 7 heteroatoms. The van der Waals surface area contributed by atoms with Crippen LogP contribution in [0.25, 0.3) is 0 Å². The molecule has 0 bridgehead atoms. The molecule has 2 N–H and O–H groups in total. The van der Waals surface area contributed by atoms with Crippen molar-refractivity contribution in [3.8, 4) is 0 Å². The van der Waals surface area contributed by atoms with Crippen LogP contribution in [0.1, 0.15) is 76.8 Å². The molecule has 4 amide bonds. The fourth-order valence-electron chi connectivity index (χ4n) is 4.28. The molecule has 0 aliphatic carbocycles. The van der Waals surface area contributed by atoms with Gasteiger partial charge in [-0.25, -0.2) is 4.79 Å². The predicted molar refractivity (Wildman–Crippen MR) is 138 cm³/mol. The summed E-state index contributed by atoms with van der Waals surface area (Å²) in [6.45, 7) is 12.3. The second-order valence-corrected chi connectivity index (χ2v) is 9.58. The molecule has 34 heavy (non-hydrogen) atoms. The van der Waals surface area contributed by atoms with E-state index in [2.05, 4.69) is 17.6 Å². The summed E-state index contributed by atoms with van der Waals surface area (Å²) in [5.41, 5.74) is 2.85. The lowest BCUT2D eigenvalue weighted by Crippen LogP contribution is -2.57. The number of nitrogens with one attached hydrogen (secondary N) is 2. The lowest BCUT2D eigenvalue weighted by Gasteiger charge is -2.37. The van der Waals surface area contributed by atoms with Crippen LogP contribution in [0.15, 0.2) is 18.2 Å². The first-order valence-corrected chi connectivity index (χ1v) is 13.0. The van der Waals surface area contributed by atoms with Crippen molar-refractivity contribution in [2.75, 3.05) is 31.5 Å². The van der Waals surface area contributed by atoms with E-state index in [4.69, 9.17) is 0 Å². The number of unbranched alkanes of at least 4 members (excludes halogenated alkanes) is 4. The van der Waals surface area contributed by atoms with Crippen molar-refractivity contribution < 1.29 is 14.4 Å². The Morgan fingerprint density at radius 2 is 1.59 bits per heavy atom. The van der Waals surface area contributed by atoms with E-state index < -0.39 is 6.04 Å². The van der Waals surface area contributed by atoms with Crippen molar-refractivity contribution in [3.63, 3.8) is 0 Å². The molecule has 2 atom stereocenters. The predicted octanol–water partition coefficient (Wildman–Crippen LogP) is 4.87. The molecule has 1 fully saturated rings. The summed E-state index contributed by atoms with van der Waals surface area (Å²) in [4.78, 5) is 42.3. The molecule has 1 aliphatic heterocycles. The standard InChI is InChI=1S/C27H44N4O3/c1-6-8-9-10-11-15-24(32)30-16-18-31(19-17-30)26(33)25(20(3)7-2)29-27(34)28-23-14-12-13-21(4)22(23)5/h12-14,20,25H,6-11,15-19H2,1-5H3,(H2,28,29,34). The molecule has 7 nitrogen and oxygen atoms in total. The van der Waals surface area contributed by atoms with Crippen LogP contribution < -0.4 is 10.6 Å². The Labute approximate surface area is 205 Å². The summed E-state index contributed by atoms with van der Waals surface area (Å²) in [7, 11) is 0. The zero-order chi connectivity index (χ0) is 25.1. The summed E-state index contributed by atoms with van der Waals surface area (Å²) in [6, 6.07) is 4.80. The van der Waals surface area contributed by atoms with E-state index >= 15 is 0 Å². The number of amides is 4. The number of benzene rings is 1. The maximum absolute atomic E-state index is 13.3. The van der Waals surface area contributed by atoms with Gasteiger partial charge in [0.15, 0.2) is 0 Å². The van der Waals surface area contributed by atoms with Crippen molar-refractivity contribution in [1.29, 1.82) is 0 Å². The van der Waals surface area contributed by atoms with Gasteiger partial charge in [-0.15, -0.1) is 0 Å². The highest BCUT2D eigenvalue weighted by Gasteiger charge is 2.32. The van der Waals surface area contributed by atoms with Crippen LogP contribution in [-0.2, 0) is 9.59 Å². The lowest BCUT2D eigenvalue weighted by atomic mass is 9.97. The number of hydrogen-bond acceptors (Lipinski definition) is 3. The second kappa shape index (κ2) is 14.0. The van der Waals surface area contributed by atoms with E-state index in [9.17, 15) is 14.4 Å². The molecule has 0 spiro atoms. The Kier molecular flexibility index (Phi) is 11.4. The van der Waals surface area contributed by atoms with E-state index in [1.54, 1.807) is 4.90 Å². The minimum Gasteiger partial charge on any atom is -0.339 e. The van der Waals surface area contributed by atoms with Crippen LogP contribution in [0.3, 0.4) is 0 Å². The van der Waals surface area contributed by atoms with E-state index in [0.29, 0.717) is 32.6 Å². The third kappa shape index (κ3) is 8.03. The zero-order valence-electron chi connectivity index (χ0n) is 21.8. The normalized spacial score (nSPS) is 15.6. The molecule has 1 aliphatic rings. The fraction of sp³-hybridized carbons (Fsp3) is 0.667. The van der Waals surface area contributed by atoms with Gasteiger partial charge in [0.1, 0.15) is 6.04 Å². The quantitative estimate of drug-likeness (QED) is 0.451. The van der Waals surface area contributed by atoms with Gasteiger partial charge >= 0.3 is 6.03 Å². The highest BCUT2D eigenvalue weighted by Crippen LogP contribution is 2.19. The average Bonchev–Trinajstić information content (AvgIpc) is 2.84. The molecule has 1 heterocycles. The van der Waals surface area contributed by atoms with E-state index in [1.165, 1.54) is 19.3 Å². The highest BCUT2D eigenvalue weighted by atomic mass is 16.2. The van der Waals surface area contributed by atoms with Crippen LogP contribution in [0.4, 0.5) is 10.5 Å². The van der Waals surface area contributed by atoms with Gasteiger partial charge in [0.2, 0.25) is 11.8 Å². The smallest absolute Gasteiger partial charge is 0.319 e. The Hall–Kier alpha value is -2.57. The van der Waals surface area contributed by atoms with Gasteiger partial charge in [0.25, 0.3) is 0 Å². The summed E-state index contributed by atoms with van der Waals surface area (Å²) in [5.74, 6) is 0.116. The van der Waals surface area contributed by atoms with E-state index in [-0.39, 0.29) is 23.8 Å². The molecule has 0 aromatic heterocycles. The van der Waals surface area contributed by atoms with Crippen LogP contribution in [0, 0.1) is 19.8 Å². The largest absolute Gasteiger partial charge is 0.339 e. The monoisotopic (exact) mass is 472 g/mol. The van der Waals surface area contributed by atoms with Crippen LogP contribution in [0.5, 0.6) is 0 Å². The number of nitrogens with zero attached hydrogens (tertiary/aromatic N) is 2. The van der Waals surface area contributed by atoms with Crippen LogP contribution >= 0.6 is 0 Å². The van der Waals surface area contributed by atoms with Gasteiger partial charge in [-0.3, -0.25) is 9.59 Å². The third-order valence-electron chi connectivity index (χ3n) is 7.06. The number of hydrogen-bond donors (Lipinski definition) is 2. The molecule has 1 aromatic rings. The number of carbonyl (C=O) groups is 3. The molecule has 0 radical (unpaired) electrons. The zero-order valence-corrected chi connectivity index (χ0v) is 21.8. The van der Waals surface area contributed by atoms with Crippen molar-refractivity contribution >= 4 is 23.5 Å². The van der Waals surface area contributed by atoms with Gasteiger partial charge in [-0.2, -0.15) is 0 Å². The molecule has 190 valence electrons. The van der Waals surface area contributed by atoms with Crippen LogP contribution in [-0.4, -0.2) is 59.9 Å². The van der Waals surface area contributed by atoms with Crippen molar-refractivity contribution in [2.24, 2.45) is 5.92 Å². The number of anilines is 1. The average molecular weight is 473 g/mol. The number of urea groups is 1. The first-order valence-electron chi connectivity index (χ1n) is 13.0. The van der Waals surface area contributed by atoms with Crippen molar-refractivity contribution in [1.82, 2.24) is 15.1 Å². The van der Waals surface area contributed by atoms with Gasteiger partial charge in [0.05, 0.1) is 0 Å². The van der Waals surface area contributed by atoms with Crippen molar-refractivity contribution in [3.05, 3.63) is 29.3 Å². The molecular weight excluding hydrogens is 428 g/mol. The Morgan fingerprint density at radius 1 is 0.941 bits per heavy atom. The highest BCUT2D eigenvalue weighted by molar-refractivity contribution is 5.94. The molecule has 2 unspecified atom stereocenters. The number of aryl methyl sites for hydroxylation is 1. The summed E-state index contributed by atoms with van der Waals surface area (Å²) < 4.78 is 0. The van der Waals surface area contributed by atoms with Crippen LogP contribution in [0.2, 0.25) is 0 Å². The fourth-order valence-corrected chi connectivity index (χ4v) is 4.28. The molecule has 2 rings (SSSR count). The first kappa shape index (κ1) is 27.7. The van der Waals surface area contributed by atoms with Gasteiger partial charge in [0, 0.05) is 38.3 Å². The molecule has 0 saturated carbocycles. The van der Waals surface area contributed by atoms with Crippen molar-refractivity contribution in [2.45, 2.75) is 85.6 Å². The topological polar surface area (TPSA) is 81.8 Å². The molecule has 1 aromatic carbocycles. The maximum atomic E-state index is 13.3. The number of piperazine rings is 1. The number of rotatable bonds is 11. The van der Waals surface area contributed by atoms with E-state index in [0.717, 1.165) is 36.1 Å². The molecular formula is C27H44N4O3. The summed E-state index contributed by atoms with van der Waals surface area (Å²) in [6.07, 6.45) is 7.02. The lowest BCUT2D eigenvalue weighted by molar-refractivity contribution is -0.141. The summed E-state index contributed by atoms with van der Waals surface area (Å²) in [5, 5.41) is 5.82. The second-order valence-electron chi connectivity index (χ2n) is 9.58. The molecule has 1 saturated heterocycles. The number of carbonyl (C=O) groups excluding carboxylic acids is 3. The SMILES string of the molecule is CCCCCCCC(=O)N1CCN(C(=O)C(NC(=O)Nc2cccc(C)c2C)C(C)CC)CC1. The minimum absolute atomic E-state index is 0.000335. The van der Waals surface area contributed by atoms with Gasteiger partial charge < -0.3 is 20.4 Å². The van der Waals surface area contributed by atoms with Gasteiger partial charge in [-0.1, -0.05) is 65.0 Å². The van der Waals surface area contributed by atoms with E-state index in [1.807, 2.05) is 50.8 Å². The summed E-state index contributed by atoms with van der Waals surface area (Å²) >= 11 is 0. The Bertz CT molecular complexity index is 818. The first-order chi connectivity index (χ1) is 16.3. The van der Waals surface area contributed by atoms with Gasteiger partial charge in [-0.05, 0) is 43.4 Å². The Morgan fingerprint density at radius 3 is 2.24 bits per heavy atom. The Balaban J connectivity index is 1.90.